The van der Waals surface area contributed by atoms with Crippen LogP contribution in [-0.4, -0.2) is 66.1 Å². The van der Waals surface area contributed by atoms with Gasteiger partial charge in [-0.25, -0.2) is 4.57 Å². The third kappa shape index (κ3) is 42.4. The Bertz CT molecular complexity index is 53.7. The molecule has 0 saturated carbocycles. The van der Waals surface area contributed by atoms with Gasteiger partial charge in [-0.05, 0) is 0 Å². The molecule has 3 N–H and O–H groups in total. The summed E-state index contributed by atoms with van der Waals surface area (Å²) >= 11 is 0. The minimum atomic E-state index is -4.64. The molecule has 0 atom stereocenters. The van der Waals surface area contributed by atoms with Gasteiger partial charge in [0.25, 0.3) is 0 Å². The number of phosphoric acid groups is 1. The molecule has 0 aromatic heterocycles. The van der Waals surface area contributed by atoms with Gasteiger partial charge in [-0.3, -0.25) is 0 Å². The van der Waals surface area contributed by atoms with Crippen LogP contribution in [0.2, 0.25) is 0 Å². The number of hydrogen-bond donors (Lipinski definition) is 3. The summed E-state index contributed by atoms with van der Waals surface area (Å²) in [6.07, 6.45) is 0. The van der Waals surface area contributed by atoms with Crippen molar-refractivity contribution in [3.8, 4) is 0 Å². The van der Waals surface area contributed by atoms with E-state index in [1.807, 2.05) is 0 Å². The van der Waals surface area contributed by atoms with Gasteiger partial charge >= 0.3 is 7.82 Å². The Kier molecular flexibility index (Phi) is 6.61. The molecule has 0 heterocycles. The Morgan fingerprint density at radius 3 is 1.17 bits per heavy atom. The second-order valence-electron chi connectivity index (χ2n) is 0.513. The molecule has 0 fully saturated rings. The Hall–Kier alpha value is 1.75. The standard InChI is InChI=1S/K.H3O4P/c;1-5(2,3)4/h;(H3,1,2,3,4)/i;1+2,2+2,3+2,4+2. The van der Waals surface area contributed by atoms with Crippen LogP contribution in [-0.2, 0) is 4.57 Å². The second kappa shape index (κ2) is 3.71. The average Bonchev–Trinajstić information content (AvgIpc) is 0.722. The van der Waals surface area contributed by atoms with Crippen LogP contribution in [0.1, 0.15) is 0 Å². The molecule has 0 aromatic rings. The number of rotatable bonds is 0. The Morgan fingerprint density at radius 2 is 1.17 bits per heavy atom. The van der Waals surface area contributed by atoms with Gasteiger partial charge in [0.15, 0.2) is 0 Å². The summed E-state index contributed by atoms with van der Waals surface area (Å²) in [5.41, 5.74) is 0. The number of hydrogen-bond acceptors (Lipinski definition) is 1. The van der Waals surface area contributed by atoms with Crippen molar-refractivity contribution >= 4 is 59.2 Å². The molecule has 0 amide bonds. The quantitative estimate of drug-likeness (QED) is 0.225. The van der Waals surface area contributed by atoms with E-state index < -0.39 is 7.82 Å². The molecule has 4 nitrogen and oxygen atoms in total. The van der Waals surface area contributed by atoms with Gasteiger partial charge in [0.1, 0.15) is 0 Å². The van der Waals surface area contributed by atoms with E-state index >= 15 is 0 Å². The molecule has 33 valence electrons. The third-order valence-corrected chi connectivity index (χ3v) is 0. The topological polar surface area (TPSA) is 77.8 Å². The van der Waals surface area contributed by atoms with Crippen molar-refractivity contribution in [3.05, 3.63) is 0 Å². The summed E-state index contributed by atoms with van der Waals surface area (Å²) < 4.78 is 8.88. The van der Waals surface area contributed by atoms with Gasteiger partial charge in [0, 0.05) is 51.4 Å². The molecular weight excluding hydrogens is 142 g/mol. The zero-order valence-corrected chi connectivity index (χ0v) is 7.21. The maximum absolute atomic E-state index is 8.88. The van der Waals surface area contributed by atoms with Gasteiger partial charge in [0.2, 0.25) is 0 Å². The van der Waals surface area contributed by atoms with Crippen molar-refractivity contribution in [2.45, 2.75) is 0 Å². The van der Waals surface area contributed by atoms with Crippen molar-refractivity contribution in [3.63, 3.8) is 0 Å². The molecule has 0 aromatic carbocycles. The third-order valence-electron chi connectivity index (χ3n) is 0. The molecule has 6 heteroatoms. The van der Waals surface area contributed by atoms with Gasteiger partial charge in [-0.1, -0.05) is 0 Å². The summed E-state index contributed by atoms with van der Waals surface area (Å²) in [6, 6.07) is 0. The van der Waals surface area contributed by atoms with Gasteiger partial charge < -0.3 is 14.7 Å². The van der Waals surface area contributed by atoms with Crippen LogP contribution in [0.25, 0.3) is 0 Å². The molecule has 0 rings (SSSR count). The van der Waals surface area contributed by atoms with Crippen LogP contribution < -0.4 is 0 Å². The molecule has 0 aliphatic heterocycles. The molecule has 0 saturated heterocycles. The van der Waals surface area contributed by atoms with E-state index in [0.29, 0.717) is 0 Å². The van der Waals surface area contributed by atoms with E-state index in [1.54, 1.807) is 0 Å². The predicted molar refractivity (Wildman–Crippen MR) is 20.0 cm³/mol. The van der Waals surface area contributed by atoms with Crippen LogP contribution >= 0.6 is 7.82 Å². The Morgan fingerprint density at radius 1 is 1.17 bits per heavy atom. The first-order valence-electron chi connectivity index (χ1n) is 0.783. The van der Waals surface area contributed by atoms with Crippen molar-refractivity contribution in [2.24, 2.45) is 0 Å². The molecular formula is H3KO4P. The first kappa shape index (κ1) is 10.7. The van der Waals surface area contributed by atoms with E-state index in [-0.39, 0.29) is 51.4 Å². The molecule has 0 spiro atoms. The molecule has 1 radical (unpaired) electrons. The van der Waals surface area contributed by atoms with Crippen molar-refractivity contribution < 1.29 is 19.2 Å². The second-order valence-corrected chi connectivity index (χ2v) is 1.54. The normalized spacial score (nSPS) is 9.83. The maximum Gasteiger partial charge on any atom is 0.466 e. The van der Waals surface area contributed by atoms with Crippen LogP contribution in [0.5, 0.6) is 0 Å². The fourth-order valence-corrected chi connectivity index (χ4v) is 0. The van der Waals surface area contributed by atoms with E-state index in [0.717, 1.165) is 0 Å². The predicted octanol–water partition coefficient (Wildman–Crippen LogP) is -1.31. The fraction of sp³-hybridized carbons (Fsp3) is 0. The largest absolute Gasteiger partial charge is 0.466 e. The van der Waals surface area contributed by atoms with Crippen molar-refractivity contribution in [1.29, 1.82) is 0 Å². The van der Waals surface area contributed by atoms with Crippen LogP contribution in [0.3, 0.4) is 0 Å². The fourth-order valence-electron chi connectivity index (χ4n) is 0. The van der Waals surface area contributed by atoms with Gasteiger partial charge in [-0.15, -0.1) is 0 Å². The molecule has 6 heavy (non-hydrogen) atoms. The Balaban J connectivity index is 0. The maximum atomic E-state index is 8.88. The summed E-state index contributed by atoms with van der Waals surface area (Å²) in [7, 11) is -4.64. The minimum Gasteiger partial charge on any atom is -0.303 e. The van der Waals surface area contributed by atoms with Crippen molar-refractivity contribution in [2.75, 3.05) is 0 Å². The summed E-state index contributed by atoms with van der Waals surface area (Å²) in [4.78, 5) is 21.6. The van der Waals surface area contributed by atoms with Crippen LogP contribution in [0.4, 0.5) is 0 Å². The smallest absolute Gasteiger partial charge is 0.303 e. The minimum absolute atomic E-state index is 0. The van der Waals surface area contributed by atoms with E-state index in [9.17, 15) is 0 Å². The monoisotopic (exact) mass is 145 g/mol. The summed E-state index contributed by atoms with van der Waals surface area (Å²) in [5.74, 6) is 0. The van der Waals surface area contributed by atoms with Gasteiger partial charge in [-0.2, -0.15) is 0 Å². The van der Waals surface area contributed by atoms with Crippen LogP contribution in [0.15, 0.2) is 0 Å². The van der Waals surface area contributed by atoms with Gasteiger partial charge in [0.05, 0.1) is 0 Å². The zero-order valence-electron chi connectivity index (χ0n) is 3.20. The first-order chi connectivity index (χ1) is 2.00. The Labute approximate surface area is 77.2 Å². The first-order valence-corrected chi connectivity index (χ1v) is 2.35. The SMILES string of the molecule is [18O]=P([18OH])([18OH])[18OH].[K]. The molecule has 0 bridgehead atoms. The van der Waals surface area contributed by atoms with Crippen molar-refractivity contribution in [1.82, 2.24) is 0 Å². The molecule has 0 unspecified atom stereocenters. The van der Waals surface area contributed by atoms with E-state index in [4.69, 9.17) is 19.2 Å². The summed E-state index contributed by atoms with van der Waals surface area (Å²) in [6.45, 7) is 0. The van der Waals surface area contributed by atoms with E-state index in [1.165, 1.54) is 0 Å². The zero-order chi connectivity index (χ0) is 4.50. The molecule has 0 aliphatic carbocycles. The van der Waals surface area contributed by atoms with Crippen LogP contribution in [0, 0.1) is 0 Å². The average molecular weight is 145 g/mol. The molecule has 0 aliphatic rings. The summed E-state index contributed by atoms with van der Waals surface area (Å²) in [5, 5.41) is 0. The van der Waals surface area contributed by atoms with E-state index in [2.05, 4.69) is 0 Å².